The molecule has 0 saturated carbocycles. The zero-order chi connectivity index (χ0) is 36.0. The van der Waals surface area contributed by atoms with E-state index in [9.17, 15) is 16.8 Å². The van der Waals surface area contributed by atoms with Gasteiger partial charge in [0.1, 0.15) is 21.3 Å². The van der Waals surface area contributed by atoms with Gasteiger partial charge < -0.3 is 32.4 Å². The highest BCUT2D eigenvalue weighted by molar-refractivity contribution is 7.93. The van der Waals surface area contributed by atoms with Crippen LogP contribution in [0.3, 0.4) is 0 Å². The van der Waals surface area contributed by atoms with Gasteiger partial charge >= 0.3 is 0 Å². The van der Waals surface area contributed by atoms with Crippen molar-refractivity contribution in [1.29, 1.82) is 0 Å². The van der Waals surface area contributed by atoms with Crippen LogP contribution in [0.15, 0.2) is 41.8 Å². The van der Waals surface area contributed by atoms with Crippen molar-refractivity contribution >= 4 is 25.4 Å². The van der Waals surface area contributed by atoms with Crippen LogP contribution in [-0.4, -0.2) is 62.3 Å². The van der Waals surface area contributed by atoms with Gasteiger partial charge in [0.25, 0.3) is 0 Å². The number of methoxy groups -OCH3 is 2. The summed E-state index contributed by atoms with van der Waals surface area (Å²) in [6.07, 6.45) is 2.04. The molecule has 0 amide bonds. The topological polar surface area (TPSA) is 191 Å². The molecule has 2 aromatic carbocycles. The van der Waals surface area contributed by atoms with Crippen LogP contribution in [0.1, 0.15) is 51.7 Å². The quantitative estimate of drug-likeness (QED) is 0.377. The van der Waals surface area contributed by atoms with Gasteiger partial charge in [0.2, 0.25) is 0 Å². The summed E-state index contributed by atoms with van der Waals surface area (Å²) in [5, 5.41) is 0.950. The van der Waals surface area contributed by atoms with E-state index in [4.69, 9.17) is 42.0 Å². The molecule has 2 aromatic rings. The molecule has 38 heavy (non-hydrogen) atoms. The molecule has 0 fully saturated rings. The van der Waals surface area contributed by atoms with Gasteiger partial charge in [-0.1, -0.05) is 26.0 Å². The molecule has 0 saturated heterocycles. The van der Waals surface area contributed by atoms with E-state index in [2.05, 4.69) is 0 Å². The Morgan fingerprint density at radius 1 is 0.947 bits per heavy atom. The minimum absolute atomic E-state index is 0.0889. The smallest absolute Gasteiger partial charge is 0.170 e. The summed E-state index contributed by atoms with van der Waals surface area (Å²) in [6.45, 7) is 8.55. The number of nitrogens with two attached hydrogens (primary N) is 4. The summed E-state index contributed by atoms with van der Waals surface area (Å²) in [4.78, 5) is 0. The summed E-state index contributed by atoms with van der Waals surface area (Å²) in [6, 6.07) is 6.95. The second-order valence-electron chi connectivity index (χ2n) is 7.98. The van der Waals surface area contributed by atoms with E-state index >= 15 is 0 Å². The first kappa shape index (κ1) is 25.6. The number of sulfone groups is 2. The molecule has 12 heteroatoms. The van der Waals surface area contributed by atoms with Crippen molar-refractivity contribution in [3.8, 4) is 11.5 Å². The molecule has 0 aliphatic heterocycles. The zero-order valence-electron chi connectivity index (χ0n) is 29.7. The van der Waals surface area contributed by atoms with Crippen molar-refractivity contribution in [3.05, 3.63) is 64.1 Å². The van der Waals surface area contributed by atoms with Crippen molar-refractivity contribution in [2.24, 2.45) is 22.9 Å². The lowest BCUT2D eigenvalue weighted by molar-refractivity contribution is 0.411. The van der Waals surface area contributed by atoms with Gasteiger partial charge in [-0.05, 0) is 73.5 Å². The maximum absolute atomic E-state index is 11.3. The molecule has 10 nitrogen and oxygen atoms in total. The highest BCUT2D eigenvalue weighted by atomic mass is 32.2. The first-order chi connectivity index (χ1) is 20.1. The van der Waals surface area contributed by atoms with Crippen molar-refractivity contribution in [2.45, 2.75) is 33.7 Å². The van der Waals surface area contributed by atoms with Gasteiger partial charge in [-0.15, -0.1) is 0 Å². The van der Waals surface area contributed by atoms with Crippen LogP contribution in [0, 0.1) is 13.8 Å². The molecule has 0 bridgehead atoms. The summed E-state index contributed by atoms with van der Waals surface area (Å²) < 4.78 is 104. The predicted octanol–water partition coefficient (Wildman–Crippen LogP) is 2.28. The summed E-state index contributed by atoms with van der Waals surface area (Å²) in [5.41, 5.74) is 22.9. The van der Waals surface area contributed by atoms with E-state index in [0.29, 0.717) is 16.7 Å². The largest absolute Gasteiger partial charge is 0.496 e. The van der Waals surface area contributed by atoms with Crippen molar-refractivity contribution in [3.63, 3.8) is 0 Å². The fraction of sp³-hybridized carbons (Fsp3) is 0.462. The van der Waals surface area contributed by atoms with E-state index in [-0.39, 0.29) is 22.8 Å². The standard InChI is InChI=1S/C11H17NO3S.C11H15NO3S.2C2H7N/c2*1-8-6-9(4-5-11(8)15-2)10(12)7-16(3,13)14;2*1-2-3/h4-6,10H,7,12H2,1-3H3;4-7H,12H2,1-3H3;2*2-3H2,1H3/b;10-7-;;/t10-;;;/m1.../s1/i2D3,10D;2D3;;. The third kappa shape index (κ3) is 17.0. The Balaban J connectivity index is 0. The normalized spacial score (nSPS) is 16.1. The Morgan fingerprint density at radius 2 is 1.39 bits per heavy atom. The molecule has 0 radical (unpaired) electrons. The molecule has 0 heterocycles. The van der Waals surface area contributed by atoms with Crippen LogP contribution < -0.4 is 32.4 Å². The average Bonchev–Trinajstić information content (AvgIpc) is 2.79. The molecule has 0 spiro atoms. The Labute approximate surface area is 239 Å². The molecular formula is C26H46N4O6S2. The van der Waals surface area contributed by atoms with E-state index in [1.807, 2.05) is 13.8 Å². The van der Waals surface area contributed by atoms with E-state index < -0.39 is 45.5 Å². The van der Waals surface area contributed by atoms with E-state index in [1.54, 1.807) is 19.9 Å². The fourth-order valence-electron chi connectivity index (χ4n) is 2.57. The molecule has 0 aromatic heterocycles. The monoisotopic (exact) mass is 581 g/mol. The first-order valence-electron chi connectivity index (χ1n) is 14.8. The van der Waals surface area contributed by atoms with Gasteiger partial charge in [0.15, 0.2) is 9.84 Å². The van der Waals surface area contributed by atoms with Crippen molar-refractivity contribution in [1.82, 2.24) is 0 Å². The Kier molecular flexibility index (Phi) is 12.5. The van der Waals surface area contributed by atoms with Gasteiger partial charge in [0.05, 0.1) is 40.5 Å². The molecule has 0 aliphatic carbocycles. The molecule has 218 valence electrons. The van der Waals surface area contributed by atoms with Crippen molar-refractivity contribution < 1.29 is 35.9 Å². The second-order valence-corrected chi connectivity index (χ2v) is 12.0. The lowest BCUT2D eigenvalue weighted by atomic mass is 10.1. The Bertz CT molecular complexity index is 1460. The lowest BCUT2D eigenvalue weighted by Gasteiger charge is -2.13. The SMILES string of the molecule is CCN.CCN.[2H]C([2H])([2H])Oc1ccc(/C(N)=C/S(C)(=O)=O)cc1C.[2H]C([2H])([2H])Oc1ccc([C@]([2H])(N)CS(C)(=O)=O)cc1C. The summed E-state index contributed by atoms with van der Waals surface area (Å²) in [5.74, 6) is -0.182. The van der Waals surface area contributed by atoms with Crippen molar-refractivity contribution in [2.75, 3.05) is 45.4 Å². The van der Waals surface area contributed by atoms with Crippen LogP contribution in [0.2, 0.25) is 0 Å². The molecule has 0 aliphatic rings. The third-order valence-electron chi connectivity index (χ3n) is 4.03. The van der Waals surface area contributed by atoms with Crippen LogP contribution >= 0.6 is 0 Å². The first-order valence-corrected chi connectivity index (χ1v) is 15.3. The minimum atomic E-state index is -3.42. The van der Waals surface area contributed by atoms with Crippen LogP contribution in [0.5, 0.6) is 11.5 Å². The van der Waals surface area contributed by atoms with Gasteiger partial charge in [-0.25, -0.2) is 16.8 Å². The van der Waals surface area contributed by atoms with Gasteiger partial charge in [-0.3, -0.25) is 0 Å². The zero-order valence-corrected chi connectivity index (χ0v) is 24.4. The van der Waals surface area contributed by atoms with Crippen LogP contribution in [0.25, 0.3) is 5.70 Å². The molecule has 2 rings (SSSR count). The third-order valence-corrected chi connectivity index (χ3v) is 5.55. The average molecular weight is 582 g/mol. The van der Waals surface area contributed by atoms with E-state index in [1.165, 1.54) is 30.3 Å². The Hall–Kier alpha value is -2.64. The fourth-order valence-corrected chi connectivity index (χ4v) is 3.90. The Morgan fingerprint density at radius 3 is 1.76 bits per heavy atom. The number of rotatable bonds is 7. The highest BCUT2D eigenvalue weighted by Crippen LogP contribution is 2.22. The maximum atomic E-state index is 11.3. The van der Waals surface area contributed by atoms with Crippen LogP contribution in [0.4, 0.5) is 0 Å². The highest BCUT2D eigenvalue weighted by Gasteiger charge is 2.14. The molecule has 8 N–H and O–H groups in total. The maximum Gasteiger partial charge on any atom is 0.170 e. The number of ether oxygens (including phenoxy) is 2. The van der Waals surface area contributed by atoms with Gasteiger partial charge in [-0.2, -0.15) is 0 Å². The summed E-state index contributed by atoms with van der Waals surface area (Å²) in [7, 11) is -11.8. The number of hydrogen-bond donors (Lipinski definition) is 4. The lowest BCUT2D eigenvalue weighted by Crippen LogP contribution is -2.20. The van der Waals surface area contributed by atoms with Gasteiger partial charge in [0, 0.05) is 18.5 Å². The predicted molar refractivity (Wildman–Crippen MR) is 159 cm³/mol. The number of hydrogen-bond acceptors (Lipinski definition) is 10. The number of aryl methyl sites for hydroxylation is 2. The second kappa shape index (κ2) is 18.6. The number of benzene rings is 2. The van der Waals surface area contributed by atoms with E-state index in [0.717, 1.165) is 31.0 Å². The minimum Gasteiger partial charge on any atom is -0.496 e. The molecule has 1 atom stereocenters. The molecule has 0 unspecified atom stereocenters. The van der Waals surface area contributed by atoms with Crippen LogP contribution in [-0.2, 0) is 19.7 Å². The summed E-state index contributed by atoms with van der Waals surface area (Å²) >= 11 is 0. The molecular weight excluding hydrogens is 528 g/mol.